The first-order chi connectivity index (χ1) is 11.7. The third-order valence-electron chi connectivity index (χ3n) is 4.94. The molecule has 2 heterocycles. The number of rotatable bonds is 6. The van der Waals surface area contributed by atoms with Crippen molar-refractivity contribution in [2.75, 3.05) is 26.6 Å². The van der Waals surface area contributed by atoms with Gasteiger partial charge >= 0.3 is 0 Å². The Labute approximate surface area is 140 Å². The Balaban J connectivity index is 1.58. The molecule has 1 aromatic rings. The van der Waals surface area contributed by atoms with Crippen LogP contribution in [-0.4, -0.2) is 42.4 Å². The van der Waals surface area contributed by atoms with E-state index in [1.165, 1.54) is 12.8 Å². The van der Waals surface area contributed by atoms with Gasteiger partial charge in [-0.15, -0.1) is 0 Å². The zero-order valence-corrected chi connectivity index (χ0v) is 13.6. The first-order valence-corrected chi connectivity index (χ1v) is 8.53. The highest BCUT2D eigenvalue weighted by Crippen LogP contribution is 2.36. The molecule has 7 heteroatoms. The van der Waals surface area contributed by atoms with Crippen LogP contribution in [0.1, 0.15) is 30.4 Å². The normalized spacial score (nSPS) is 23.1. The van der Waals surface area contributed by atoms with Crippen molar-refractivity contribution in [2.45, 2.75) is 38.5 Å². The van der Waals surface area contributed by atoms with E-state index in [-0.39, 0.29) is 17.4 Å². The molecule has 1 saturated carbocycles. The predicted octanol–water partition coefficient (Wildman–Crippen LogP) is 2.46. The van der Waals surface area contributed by atoms with Crippen LogP contribution in [0.4, 0.5) is 5.69 Å². The predicted molar refractivity (Wildman–Crippen MR) is 85.7 cm³/mol. The standard InChI is InChI=1S/C17H22N2O5/c20-19(21)16-5-13(17-14(6-16)10-23-11-24-17)8-18(15-1-2-15)7-12-3-4-22-9-12/h5-6,12,15H,1-4,7-11H2/t12-/m0/s1. The van der Waals surface area contributed by atoms with Crippen molar-refractivity contribution in [3.05, 3.63) is 33.4 Å². The lowest BCUT2D eigenvalue weighted by molar-refractivity contribution is -0.385. The van der Waals surface area contributed by atoms with Gasteiger partial charge in [-0.25, -0.2) is 0 Å². The number of benzene rings is 1. The SMILES string of the molecule is O=[N+]([O-])c1cc2c(c(CN(C[C@@H]3CCOC3)C3CC3)c1)OCOC2. The van der Waals surface area contributed by atoms with Crippen LogP contribution in [0.15, 0.2) is 12.1 Å². The van der Waals surface area contributed by atoms with Gasteiger partial charge in [0, 0.05) is 49.0 Å². The summed E-state index contributed by atoms with van der Waals surface area (Å²) in [6.45, 7) is 3.90. The summed E-state index contributed by atoms with van der Waals surface area (Å²) in [7, 11) is 0. The minimum atomic E-state index is -0.343. The van der Waals surface area contributed by atoms with Crippen molar-refractivity contribution in [3.63, 3.8) is 0 Å². The molecule has 0 unspecified atom stereocenters. The zero-order chi connectivity index (χ0) is 16.5. The van der Waals surface area contributed by atoms with Crippen molar-refractivity contribution >= 4 is 5.69 Å². The number of nitro benzene ring substituents is 1. The highest BCUT2D eigenvalue weighted by molar-refractivity contribution is 5.50. The van der Waals surface area contributed by atoms with Crippen molar-refractivity contribution in [1.82, 2.24) is 4.90 Å². The van der Waals surface area contributed by atoms with Gasteiger partial charge in [0.15, 0.2) is 6.79 Å². The lowest BCUT2D eigenvalue weighted by Gasteiger charge is -2.27. The third kappa shape index (κ3) is 3.38. The molecule has 7 nitrogen and oxygen atoms in total. The van der Waals surface area contributed by atoms with Gasteiger partial charge in [-0.05, 0) is 25.2 Å². The molecule has 2 fully saturated rings. The molecule has 0 bridgehead atoms. The van der Waals surface area contributed by atoms with Crippen LogP contribution in [0.25, 0.3) is 0 Å². The van der Waals surface area contributed by atoms with Gasteiger partial charge in [-0.1, -0.05) is 0 Å². The molecule has 1 aliphatic carbocycles. The highest BCUT2D eigenvalue weighted by atomic mass is 16.7. The summed E-state index contributed by atoms with van der Waals surface area (Å²) < 4.78 is 16.4. The number of hydrogen-bond acceptors (Lipinski definition) is 6. The number of nitrogens with zero attached hydrogens (tertiary/aromatic N) is 2. The molecule has 1 atom stereocenters. The van der Waals surface area contributed by atoms with Gasteiger partial charge in [-0.2, -0.15) is 0 Å². The largest absolute Gasteiger partial charge is 0.467 e. The molecule has 0 aromatic heterocycles. The molecule has 3 aliphatic rings. The number of non-ortho nitro benzene ring substituents is 1. The first kappa shape index (κ1) is 15.8. The topological polar surface area (TPSA) is 74.1 Å². The highest BCUT2D eigenvalue weighted by Gasteiger charge is 2.33. The molecule has 1 saturated heterocycles. The van der Waals surface area contributed by atoms with Crippen molar-refractivity contribution in [1.29, 1.82) is 0 Å². The van der Waals surface area contributed by atoms with E-state index >= 15 is 0 Å². The van der Waals surface area contributed by atoms with Crippen LogP contribution in [0.3, 0.4) is 0 Å². The molecule has 24 heavy (non-hydrogen) atoms. The van der Waals surface area contributed by atoms with Gasteiger partial charge < -0.3 is 14.2 Å². The number of fused-ring (bicyclic) bond motifs is 1. The average Bonchev–Trinajstić information content (AvgIpc) is 3.31. The first-order valence-electron chi connectivity index (χ1n) is 8.53. The van der Waals surface area contributed by atoms with E-state index in [1.807, 2.05) is 0 Å². The van der Waals surface area contributed by atoms with Gasteiger partial charge in [0.25, 0.3) is 5.69 Å². The fourth-order valence-electron chi connectivity index (χ4n) is 3.56. The summed E-state index contributed by atoms with van der Waals surface area (Å²) in [6.07, 6.45) is 3.50. The molecule has 1 aromatic carbocycles. The molecule has 0 radical (unpaired) electrons. The third-order valence-corrected chi connectivity index (χ3v) is 4.94. The summed E-state index contributed by atoms with van der Waals surface area (Å²) in [4.78, 5) is 13.3. The second kappa shape index (κ2) is 6.66. The summed E-state index contributed by atoms with van der Waals surface area (Å²) in [6, 6.07) is 3.80. The van der Waals surface area contributed by atoms with E-state index in [0.29, 0.717) is 25.1 Å². The molecule has 130 valence electrons. The maximum atomic E-state index is 11.2. The minimum Gasteiger partial charge on any atom is -0.467 e. The van der Waals surface area contributed by atoms with Crippen LogP contribution in [-0.2, 0) is 22.6 Å². The van der Waals surface area contributed by atoms with Crippen LogP contribution in [0.5, 0.6) is 5.75 Å². The van der Waals surface area contributed by atoms with Crippen molar-refractivity contribution in [3.8, 4) is 5.75 Å². The lowest BCUT2D eigenvalue weighted by Crippen LogP contribution is -2.32. The Bertz CT molecular complexity index is 626. The van der Waals surface area contributed by atoms with Crippen molar-refractivity contribution in [2.24, 2.45) is 5.92 Å². The maximum absolute atomic E-state index is 11.2. The summed E-state index contributed by atoms with van der Waals surface area (Å²) in [5.74, 6) is 1.32. The minimum absolute atomic E-state index is 0.109. The fraction of sp³-hybridized carbons (Fsp3) is 0.647. The lowest BCUT2D eigenvalue weighted by atomic mass is 10.0. The molecule has 0 spiro atoms. The van der Waals surface area contributed by atoms with E-state index in [1.54, 1.807) is 12.1 Å². The van der Waals surface area contributed by atoms with Crippen LogP contribution in [0.2, 0.25) is 0 Å². The van der Waals surface area contributed by atoms with E-state index in [2.05, 4.69) is 4.90 Å². The van der Waals surface area contributed by atoms with E-state index in [4.69, 9.17) is 14.2 Å². The number of ether oxygens (including phenoxy) is 3. The van der Waals surface area contributed by atoms with E-state index in [0.717, 1.165) is 43.1 Å². The fourth-order valence-corrected chi connectivity index (χ4v) is 3.56. The van der Waals surface area contributed by atoms with Gasteiger partial charge in [0.05, 0.1) is 18.1 Å². The Morgan fingerprint density at radius 1 is 1.25 bits per heavy atom. The van der Waals surface area contributed by atoms with Crippen LogP contribution in [0, 0.1) is 16.0 Å². The quantitative estimate of drug-likeness (QED) is 0.588. The number of hydrogen-bond donors (Lipinski definition) is 0. The van der Waals surface area contributed by atoms with E-state index in [9.17, 15) is 10.1 Å². The van der Waals surface area contributed by atoms with Gasteiger partial charge in [-0.3, -0.25) is 15.0 Å². The Kier molecular flexibility index (Phi) is 4.39. The summed E-state index contributed by atoms with van der Waals surface area (Å²) >= 11 is 0. The molecule has 2 aliphatic heterocycles. The Hall–Kier alpha value is -1.70. The molecule has 0 amide bonds. The zero-order valence-electron chi connectivity index (χ0n) is 13.6. The van der Waals surface area contributed by atoms with Gasteiger partial charge in [0.1, 0.15) is 5.75 Å². The second-order valence-corrected chi connectivity index (χ2v) is 6.85. The van der Waals surface area contributed by atoms with Crippen LogP contribution >= 0.6 is 0 Å². The number of nitro groups is 1. The smallest absolute Gasteiger partial charge is 0.270 e. The Morgan fingerprint density at radius 2 is 2.12 bits per heavy atom. The molecular weight excluding hydrogens is 312 g/mol. The molecule has 4 rings (SSSR count). The monoisotopic (exact) mass is 334 g/mol. The van der Waals surface area contributed by atoms with E-state index < -0.39 is 0 Å². The van der Waals surface area contributed by atoms with Crippen LogP contribution < -0.4 is 4.74 Å². The summed E-state index contributed by atoms with van der Waals surface area (Å²) in [5.41, 5.74) is 1.77. The Morgan fingerprint density at radius 3 is 2.83 bits per heavy atom. The maximum Gasteiger partial charge on any atom is 0.270 e. The second-order valence-electron chi connectivity index (χ2n) is 6.85. The van der Waals surface area contributed by atoms with Gasteiger partial charge in [0.2, 0.25) is 0 Å². The summed E-state index contributed by atoms with van der Waals surface area (Å²) in [5, 5.41) is 11.2. The molecular formula is C17H22N2O5. The molecule has 0 N–H and O–H groups in total. The average molecular weight is 334 g/mol. The van der Waals surface area contributed by atoms with Crippen molar-refractivity contribution < 1.29 is 19.1 Å².